The molecule has 0 aliphatic rings. The van der Waals surface area contributed by atoms with Crippen molar-refractivity contribution in [1.29, 1.82) is 0 Å². The minimum Gasteiger partial charge on any atom is -0.493 e. The molecule has 0 fully saturated rings. The molecule has 23 heavy (non-hydrogen) atoms. The highest BCUT2D eigenvalue weighted by Crippen LogP contribution is 2.39. The molecule has 1 aromatic carbocycles. The van der Waals surface area contributed by atoms with Crippen molar-refractivity contribution < 1.29 is 19.0 Å². The molecule has 0 radical (unpaired) electrons. The zero-order valence-corrected chi connectivity index (χ0v) is 13.8. The molecule has 0 spiro atoms. The van der Waals surface area contributed by atoms with Crippen LogP contribution in [-0.4, -0.2) is 32.2 Å². The van der Waals surface area contributed by atoms with Gasteiger partial charge in [-0.15, -0.1) is 0 Å². The van der Waals surface area contributed by atoms with E-state index in [2.05, 4.69) is 10.3 Å². The summed E-state index contributed by atoms with van der Waals surface area (Å²) in [6, 6.07) is 6.77. The maximum atomic E-state index is 12.2. The van der Waals surface area contributed by atoms with Crippen LogP contribution < -0.4 is 19.5 Å². The summed E-state index contributed by atoms with van der Waals surface area (Å²) in [6.07, 6.45) is 1.57. The van der Waals surface area contributed by atoms with E-state index in [-0.39, 0.29) is 12.3 Å². The standard InChI is InChI=1S/C16H17ClN2O4/c1-21-12-6-4-10(15(22-2)16(12)23-3)8-14(20)19-13-7-5-11(17)9-18-13/h4-7,9H,8H2,1-3H3,(H,18,19,20). The van der Waals surface area contributed by atoms with Gasteiger partial charge in [-0.25, -0.2) is 4.98 Å². The lowest BCUT2D eigenvalue weighted by atomic mass is 10.1. The molecule has 0 unspecified atom stereocenters. The van der Waals surface area contributed by atoms with Crippen LogP contribution in [0, 0.1) is 0 Å². The van der Waals surface area contributed by atoms with Gasteiger partial charge in [-0.2, -0.15) is 0 Å². The molecule has 0 aliphatic heterocycles. The van der Waals surface area contributed by atoms with Gasteiger partial charge in [0.2, 0.25) is 11.7 Å². The lowest BCUT2D eigenvalue weighted by Gasteiger charge is -2.15. The number of ether oxygens (including phenoxy) is 3. The van der Waals surface area contributed by atoms with Crippen molar-refractivity contribution in [1.82, 2.24) is 4.98 Å². The molecule has 0 saturated heterocycles. The van der Waals surface area contributed by atoms with Crippen molar-refractivity contribution in [3.8, 4) is 17.2 Å². The van der Waals surface area contributed by atoms with Crippen LogP contribution in [0.25, 0.3) is 0 Å². The van der Waals surface area contributed by atoms with Crippen LogP contribution in [0.1, 0.15) is 5.56 Å². The molecule has 1 aromatic heterocycles. The van der Waals surface area contributed by atoms with Gasteiger partial charge in [-0.3, -0.25) is 4.79 Å². The zero-order chi connectivity index (χ0) is 16.8. The van der Waals surface area contributed by atoms with Crippen molar-refractivity contribution >= 4 is 23.3 Å². The Labute approximate surface area is 139 Å². The number of amides is 1. The molecule has 6 nitrogen and oxygen atoms in total. The van der Waals surface area contributed by atoms with Gasteiger partial charge in [0, 0.05) is 11.8 Å². The monoisotopic (exact) mass is 336 g/mol. The SMILES string of the molecule is COc1ccc(CC(=O)Nc2ccc(Cl)cn2)c(OC)c1OC. The van der Waals surface area contributed by atoms with Crippen LogP contribution in [-0.2, 0) is 11.2 Å². The van der Waals surface area contributed by atoms with Crippen molar-refractivity contribution in [2.75, 3.05) is 26.6 Å². The Balaban J connectivity index is 2.18. The highest BCUT2D eigenvalue weighted by Gasteiger charge is 2.18. The Kier molecular flexibility index (Phi) is 5.65. The number of rotatable bonds is 6. The van der Waals surface area contributed by atoms with Gasteiger partial charge < -0.3 is 19.5 Å². The molecule has 0 bridgehead atoms. The van der Waals surface area contributed by atoms with Gasteiger partial charge >= 0.3 is 0 Å². The predicted molar refractivity (Wildman–Crippen MR) is 87.7 cm³/mol. The average molecular weight is 337 g/mol. The second kappa shape index (κ2) is 7.69. The predicted octanol–water partition coefficient (Wildman–Crippen LogP) is 2.94. The van der Waals surface area contributed by atoms with Crippen LogP contribution in [0.4, 0.5) is 5.82 Å². The molecule has 1 N–H and O–H groups in total. The van der Waals surface area contributed by atoms with Crippen LogP contribution in [0.3, 0.4) is 0 Å². The number of anilines is 1. The summed E-state index contributed by atoms with van der Waals surface area (Å²) < 4.78 is 15.9. The number of methoxy groups -OCH3 is 3. The van der Waals surface area contributed by atoms with Gasteiger partial charge in [0.05, 0.1) is 32.8 Å². The lowest BCUT2D eigenvalue weighted by molar-refractivity contribution is -0.115. The number of nitrogens with zero attached hydrogens (tertiary/aromatic N) is 1. The fourth-order valence-corrected chi connectivity index (χ4v) is 2.22. The summed E-state index contributed by atoms with van der Waals surface area (Å²) in [6.45, 7) is 0. The van der Waals surface area contributed by atoms with Gasteiger partial charge in [0.1, 0.15) is 5.82 Å². The van der Waals surface area contributed by atoms with Gasteiger partial charge in [0.25, 0.3) is 0 Å². The Hall–Kier alpha value is -2.47. The van der Waals surface area contributed by atoms with Crippen LogP contribution in [0.2, 0.25) is 5.02 Å². The number of carbonyl (C=O) groups excluding carboxylic acids is 1. The van der Waals surface area contributed by atoms with Crippen LogP contribution >= 0.6 is 11.6 Å². The third-order valence-electron chi connectivity index (χ3n) is 3.13. The molecular formula is C16H17ClN2O4. The fourth-order valence-electron chi connectivity index (χ4n) is 2.11. The van der Waals surface area contributed by atoms with E-state index < -0.39 is 0 Å². The first-order valence-corrected chi connectivity index (χ1v) is 7.16. The smallest absolute Gasteiger partial charge is 0.230 e. The van der Waals surface area contributed by atoms with E-state index in [0.29, 0.717) is 33.7 Å². The highest BCUT2D eigenvalue weighted by molar-refractivity contribution is 6.30. The third-order valence-corrected chi connectivity index (χ3v) is 3.36. The maximum Gasteiger partial charge on any atom is 0.230 e. The molecule has 7 heteroatoms. The first-order chi connectivity index (χ1) is 11.1. The number of hydrogen-bond donors (Lipinski definition) is 1. The Morgan fingerprint density at radius 1 is 1.09 bits per heavy atom. The van der Waals surface area contributed by atoms with E-state index in [0.717, 1.165) is 0 Å². The molecule has 2 rings (SSSR count). The Morgan fingerprint density at radius 2 is 1.83 bits per heavy atom. The van der Waals surface area contributed by atoms with E-state index in [1.807, 2.05) is 0 Å². The quantitative estimate of drug-likeness (QED) is 0.878. The molecule has 2 aromatic rings. The topological polar surface area (TPSA) is 69.7 Å². The van der Waals surface area contributed by atoms with Crippen molar-refractivity contribution in [2.45, 2.75) is 6.42 Å². The maximum absolute atomic E-state index is 12.2. The molecule has 1 amide bonds. The van der Waals surface area contributed by atoms with E-state index >= 15 is 0 Å². The molecule has 1 heterocycles. The minimum absolute atomic E-state index is 0.105. The number of aromatic nitrogens is 1. The minimum atomic E-state index is -0.231. The van der Waals surface area contributed by atoms with Gasteiger partial charge in [0.15, 0.2) is 11.5 Å². The number of nitrogens with one attached hydrogen (secondary N) is 1. The lowest BCUT2D eigenvalue weighted by Crippen LogP contribution is -2.16. The number of hydrogen-bond acceptors (Lipinski definition) is 5. The molecule has 0 saturated carbocycles. The Morgan fingerprint density at radius 3 is 2.39 bits per heavy atom. The number of halogens is 1. The van der Waals surface area contributed by atoms with Crippen molar-refractivity contribution in [3.63, 3.8) is 0 Å². The van der Waals surface area contributed by atoms with Crippen molar-refractivity contribution in [3.05, 3.63) is 41.0 Å². The fraction of sp³-hybridized carbons (Fsp3) is 0.250. The highest BCUT2D eigenvalue weighted by atomic mass is 35.5. The summed E-state index contributed by atoms with van der Waals surface area (Å²) in [5, 5.41) is 3.20. The average Bonchev–Trinajstić information content (AvgIpc) is 2.56. The summed E-state index contributed by atoms with van der Waals surface area (Å²) in [5.74, 6) is 1.65. The summed E-state index contributed by atoms with van der Waals surface area (Å²) in [7, 11) is 4.57. The van der Waals surface area contributed by atoms with E-state index in [4.69, 9.17) is 25.8 Å². The molecule has 122 valence electrons. The van der Waals surface area contributed by atoms with Crippen LogP contribution in [0.5, 0.6) is 17.2 Å². The molecular weight excluding hydrogens is 320 g/mol. The Bertz CT molecular complexity index is 689. The second-order valence-electron chi connectivity index (χ2n) is 4.58. The first-order valence-electron chi connectivity index (χ1n) is 6.78. The summed E-state index contributed by atoms with van der Waals surface area (Å²) in [4.78, 5) is 16.2. The van der Waals surface area contributed by atoms with E-state index in [1.54, 1.807) is 24.3 Å². The number of pyridine rings is 1. The summed E-state index contributed by atoms with van der Waals surface area (Å²) in [5.41, 5.74) is 0.677. The second-order valence-corrected chi connectivity index (χ2v) is 5.02. The van der Waals surface area contributed by atoms with Crippen LogP contribution in [0.15, 0.2) is 30.5 Å². The third kappa shape index (κ3) is 4.04. The molecule has 0 atom stereocenters. The van der Waals surface area contributed by atoms with Gasteiger partial charge in [-0.1, -0.05) is 17.7 Å². The summed E-state index contributed by atoms with van der Waals surface area (Å²) >= 11 is 5.76. The number of carbonyl (C=O) groups is 1. The van der Waals surface area contributed by atoms with Gasteiger partial charge in [-0.05, 0) is 18.2 Å². The normalized spacial score (nSPS) is 10.1. The van der Waals surface area contributed by atoms with Crippen molar-refractivity contribution in [2.24, 2.45) is 0 Å². The number of benzene rings is 1. The van der Waals surface area contributed by atoms with E-state index in [1.165, 1.54) is 27.5 Å². The zero-order valence-electron chi connectivity index (χ0n) is 13.1. The first kappa shape index (κ1) is 16.9. The molecule has 0 aliphatic carbocycles. The van der Waals surface area contributed by atoms with E-state index in [9.17, 15) is 4.79 Å². The largest absolute Gasteiger partial charge is 0.493 e.